The van der Waals surface area contributed by atoms with Crippen LogP contribution in [0, 0.1) is 0 Å². The summed E-state index contributed by atoms with van der Waals surface area (Å²) in [5.74, 6) is 0. The molecule has 0 aromatic carbocycles. The summed E-state index contributed by atoms with van der Waals surface area (Å²) in [7, 11) is 0. The lowest BCUT2D eigenvalue weighted by atomic mass is 10.3. The third-order valence-electron chi connectivity index (χ3n) is 0.789. The molecule has 0 rings (SSSR count). The van der Waals surface area contributed by atoms with Crippen molar-refractivity contribution in [2.45, 2.75) is 12.8 Å². The van der Waals surface area contributed by atoms with E-state index in [2.05, 4.69) is 11.2 Å². The lowest BCUT2D eigenvalue weighted by Gasteiger charge is -1.91. The second-order valence-electron chi connectivity index (χ2n) is 1.47. The molecule has 0 heterocycles. The van der Waals surface area contributed by atoms with Gasteiger partial charge in [0.25, 0.3) is 0 Å². The average molecular weight is 105 g/mol. The zero-order chi connectivity index (χ0) is 5.54. The molecule has 0 unspecified atom stereocenters. The minimum atomic E-state index is 0.690. The molecule has 0 saturated carbocycles. The standard InChI is InChI=1S/C4H12N2O/c5-3-1-2-4-6-7/h6-7H,1-5H2/p+1. The van der Waals surface area contributed by atoms with E-state index in [4.69, 9.17) is 5.21 Å². The van der Waals surface area contributed by atoms with Crippen molar-refractivity contribution in [1.29, 1.82) is 0 Å². The number of nitrogens with one attached hydrogen (secondary N) is 1. The Morgan fingerprint density at radius 3 is 2.57 bits per heavy atom. The summed E-state index contributed by atoms with van der Waals surface area (Å²) in [4.78, 5) is 0. The Morgan fingerprint density at radius 1 is 1.43 bits per heavy atom. The summed E-state index contributed by atoms with van der Waals surface area (Å²) in [6.07, 6.45) is 2.10. The minimum Gasteiger partial charge on any atom is -0.358 e. The molecule has 0 aliphatic heterocycles. The van der Waals surface area contributed by atoms with Crippen LogP contribution < -0.4 is 11.2 Å². The van der Waals surface area contributed by atoms with Gasteiger partial charge in [-0.25, -0.2) is 5.48 Å². The van der Waals surface area contributed by atoms with Gasteiger partial charge in [-0.05, 0) is 12.8 Å². The van der Waals surface area contributed by atoms with Crippen molar-refractivity contribution < 1.29 is 10.9 Å². The molecule has 44 valence electrons. The first-order valence-corrected chi connectivity index (χ1v) is 2.58. The van der Waals surface area contributed by atoms with Gasteiger partial charge in [0.2, 0.25) is 0 Å². The van der Waals surface area contributed by atoms with Gasteiger partial charge in [0.15, 0.2) is 0 Å². The molecular formula is C4H13N2O+. The average Bonchev–Trinajstić information content (AvgIpc) is 1.69. The lowest BCUT2D eigenvalue weighted by Crippen LogP contribution is -2.50. The van der Waals surface area contributed by atoms with E-state index < -0.39 is 0 Å². The molecule has 0 saturated heterocycles. The number of rotatable bonds is 4. The zero-order valence-corrected chi connectivity index (χ0v) is 4.48. The van der Waals surface area contributed by atoms with Crippen molar-refractivity contribution in [3.8, 4) is 0 Å². The summed E-state index contributed by atoms with van der Waals surface area (Å²) in [5, 5.41) is 8.02. The van der Waals surface area contributed by atoms with Gasteiger partial charge in [-0.15, -0.1) is 0 Å². The van der Waals surface area contributed by atoms with Crippen molar-refractivity contribution in [2.24, 2.45) is 0 Å². The van der Waals surface area contributed by atoms with Crippen LogP contribution in [0.4, 0.5) is 0 Å². The van der Waals surface area contributed by atoms with E-state index in [0.717, 1.165) is 19.4 Å². The fourth-order valence-corrected chi connectivity index (χ4v) is 0.381. The molecule has 3 heteroatoms. The van der Waals surface area contributed by atoms with Crippen LogP contribution in [0.25, 0.3) is 0 Å². The number of quaternary nitrogens is 1. The minimum absolute atomic E-state index is 0.690. The highest BCUT2D eigenvalue weighted by atomic mass is 16.5. The van der Waals surface area contributed by atoms with Crippen molar-refractivity contribution >= 4 is 0 Å². The largest absolute Gasteiger partial charge is 0.358 e. The van der Waals surface area contributed by atoms with Crippen molar-refractivity contribution in [2.75, 3.05) is 13.1 Å². The first-order valence-electron chi connectivity index (χ1n) is 2.58. The second-order valence-corrected chi connectivity index (χ2v) is 1.47. The maximum absolute atomic E-state index is 8.02. The highest BCUT2D eigenvalue weighted by Crippen LogP contribution is 1.78. The Kier molecular flexibility index (Phi) is 5.78. The Labute approximate surface area is 43.5 Å². The zero-order valence-electron chi connectivity index (χ0n) is 4.48. The van der Waals surface area contributed by atoms with Crippen molar-refractivity contribution in [3.05, 3.63) is 0 Å². The van der Waals surface area contributed by atoms with Crippen LogP contribution in [0.1, 0.15) is 12.8 Å². The molecule has 0 aromatic heterocycles. The number of unbranched alkanes of at least 4 members (excludes halogenated alkanes) is 1. The molecule has 0 bridgehead atoms. The Hall–Kier alpha value is -0.120. The summed E-state index contributed by atoms with van der Waals surface area (Å²) in [6, 6.07) is 0. The second kappa shape index (κ2) is 5.88. The predicted octanol–water partition coefficient (Wildman–Crippen LogP) is -1.01. The van der Waals surface area contributed by atoms with Gasteiger partial charge in [0.05, 0.1) is 6.54 Å². The van der Waals surface area contributed by atoms with E-state index in [1.165, 1.54) is 0 Å². The molecule has 3 nitrogen and oxygen atoms in total. The van der Waals surface area contributed by atoms with E-state index in [1.54, 1.807) is 0 Å². The molecule has 0 spiro atoms. The summed E-state index contributed by atoms with van der Waals surface area (Å²) in [5.41, 5.74) is 5.72. The van der Waals surface area contributed by atoms with Crippen LogP contribution in [0.3, 0.4) is 0 Å². The normalized spacial score (nSPS) is 9.43. The number of hydroxylamine groups is 1. The maximum atomic E-state index is 8.02. The van der Waals surface area contributed by atoms with Crippen molar-refractivity contribution in [3.63, 3.8) is 0 Å². The molecule has 0 atom stereocenters. The SMILES string of the molecule is [NH3+]CCCCNO. The van der Waals surface area contributed by atoms with Gasteiger partial charge in [-0.1, -0.05) is 0 Å². The van der Waals surface area contributed by atoms with E-state index in [-0.39, 0.29) is 0 Å². The van der Waals surface area contributed by atoms with Gasteiger partial charge in [-0.2, -0.15) is 0 Å². The fourth-order valence-electron chi connectivity index (χ4n) is 0.381. The third kappa shape index (κ3) is 5.88. The lowest BCUT2D eigenvalue weighted by molar-refractivity contribution is -0.368. The van der Waals surface area contributed by atoms with Crippen LogP contribution >= 0.6 is 0 Å². The number of hydrogen-bond acceptors (Lipinski definition) is 2. The summed E-state index contributed by atoms with van der Waals surface area (Å²) in [6.45, 7) is 1.65. The van der Waals surface area contributed by atoms with Crippen LogP contribution in [-0.2, 0) is 0 Å². The highest BCUT2D eigenvalue weighted by Gasteiger charge is 1.81. The fraction of sp³-hybridized carbons (Fsp3) is 1.00. The Morgan fingerprint density at radius 2 is 2.14 bits per heavy atom. The Bertz CT molecular complexity index is 28.9. The molecule has 0 aliphatic carbocycles. The molecular weight excluding hydrogens is 92.1 g/mol. The van der Waals surface area contributed by atoms with Gasteiger partial charge < -0.3 is 10.9 Å². The van der Waals surface area contributed by atoms with Crippen LogP contribution in [0.15, 0.2) is 0 Å². The van der Waals surface area contributed by atoms with Gasteiger partial charge >= 0.3 is 0 Å². The van der Waals surface area contributed by atoms with E-state index in [0.29, 0.717) is 6.54 Å². The van der Waals surface area contributed by atoms with Crippen LogP contribution in [0.2, 0.25) is 0 Å². The third-order valence-corrected chi connectivity index (χ3v) is 0.789. The molecule has 5 N–H and O–H groups in total. The molecule has 7 heavy (non-hydrogen) atoms. The predicted molar refractivity (Wildman–Crippen MR) is 26.8 cm³/mol. The van der Waals surface area contributed by atoms with Gasteiger partial charge in [-0.3, -0.25) is 0 Å². The quantitative estimate of drug-likeness (QED) is 0.317. The highest BCUT2D eigenvalue weighted by molar-refractivity contribution is 4.35. The molecule has 0 aliphatic rings. The van der Waals surface area contributed by atoms with Gasteiger partial charge in [0.1, 0.15) is 0 Å². The van der Waals surface area contributed by atoms with E-state index >= 15 is 0 Å². The van der Waals surface area contributed by atoms with Crippen LogP contribution in [-0.4, -0.2) is 18.3 Å². The first-order chi connectivity index (χ1) is 3.41. The molecule has 0 aromatic rings. The topological polar surface area (TPSA) is 59.9 Å². The molecule has 0 fully saturated rings. The van der Waals surface area contributed by atoms with Crippen LogP contribution in [0.5, 0.6) is 0 Å². The first kappa shape index (κ1) is 6.88. The van der Waals surface area contributed by atoms with E-state index in [1.807, 2.05) is 0 Å². The maximum Gasteiger partial charge on any atom is 0.0740 e. The van der Waals surface area contributed by atoms with E-state index in [9.17, 15) is 0 Å². The molecule has 0 radical (unpaired) electrons. The smallest absolute Gasteiger partial charge is 0.0740 e. The summed E-state index contributed by atoms with van der Waals surface area (Å²) >= 11 is 0. The van der Waals surface area contributed by atoms with Crippen molar-refractivity contribution in [1.82, 2.24) is 5.48 Å². The summed E-state index contributed by atoms with van der Waals surface area (Å²) < 4.78 is 0. The monoisotopic (exact) mass is 105 g/mol. The Balaban J connectivity index is 2.45. The van der Waals surface area contributed by atoms with Gasteiger partial charge in [0, 0.05) is 6.54 Å². The molecule has 0 amide bonds. The number of hydrogen-bond donors (Lipinski definition) is 3.